The molecule has 0 saturated heterocycles. The molecule has 0 aliphatic rings. The standard InChI is InChI=1S/C11H14Cl2FN/c1-2-9(6-12)15-7-8-3-4-10(13)11(14)5-8/h3-5,9,15H,2,6-7H2,1H3. The van der Waals surface area contributed by atoms with Crippen molar-refractivity contribution < 1.29 is 4.39 Å². The molecule has 1 N–H and O–H groups in total. The molecular formula is C11H14Cl2FN. The second kappa shape index (κ2) is 6.31. The van der Waals surface area contributed by atoms with Crippen LogP contribution in [0.15, 0.2) is 18.2 Å². The Morgan fingerprint density at radius 2 is 2.20 bits per heavy atom. The van der Waals surface area contributed by atoms with E-state index in [0.29, 0.717) is 12.4 Å². The van der Waals surface area contributed by atoms with Crippen molar-refractivity contribution in [2.45, 2.75) is 25.9 Å². The van der Waals surface area contributed by atoms with Crippen LogP contribution in [0.5, 0.6) is 0 Å². The zero-order valence-corrected chi connectivity index (χ0v) is 10.1. The molecule has 4 heteroatoms. The number of hydrogen-bond acceptors (Lipinski definition) is 1. The van der Waals surface area contributed by atoms with Gasteiger partial charge in [-0.25, -0.2) is 4.39 Å². The van der Waals surface area contributed by atoms with Gasteiger partial charge in [0.25, 0.3) is 0 Å². The molecule has 0 bridgehead atoms. The molecule has 0 radical (unpaired) electrons. The number of alkyl halides is 1. The van der Waals surface area contributed by atoms with E-state index in [-0.39, 0.29) is 16.9 Å². The summed E-state index contributed by atoms with van der Waals surface area (Å²) in [6, 6.07) is 5.08. The molecule has 0 heterocycles. The van der Waals surface area contributed by atoms with Gasteiger partial charge in [-0.15, -0.1) is 11.6 Å². The first kappa shape index (κ1) is 12.8. The van der Waals surface area contributed by atoms with Gasteiger partial charge in [0.05, 0.1) is 5.02 Å². The summed E-state index contributed by atoms with van der Waals surface area (Å²) >= 11 is 11.3. The number of halogens is 3. The van der Waals surface area contributed by atoms with Crippen molar-refractivity contribution in [1.29, 1.82) is 0 Å². The second-order valence-electron chi connectivity index (χ2n) is 3.39. The van der Waals surface area contributed by atoms with Gasteiger partial charge in [-0.3, -0.25) is 0 Å². The maximum absolute atomic E-state index is 13.1. The minimum atomic E-state index is -0.380. The molecule has 1 aromatic rings. The van der Waals surface area contributed by atoms with Gasteiger partial charge >= 0.3 is 0 Å². The van der Waals surface area contributed by atoms with Crippen molar-refractivity contribution in [2.75, 3.05) is 5.88 Å². The molecule has 1 atom stereocenters. The first-order valence-electron chi connectivity index (χ1n) is 4.90. The molecule has 0 fully saturated rings. The van der Waals surface area contributed by atoms with Crippen LogP contribution in [0.1, 0.15) is 18.9 Å². The molecule has 0 aliphatic carbocycles. The molecule has 0 spiro atoms. The van der Waals surface area contributed by atoms with Gasteiger partial charge in [-0.2, -0.15) is 0 Å². The number of rotatable bonds is 5. The Labute approximate surface area is 99.6 Å². The summed E-state index contributed by atoms with van der Waals surface area (Å²) in [5.74, 6) is 0.182. The van der Waals surface area contributed by atoms with Crippen LogP contribution in [0.3, 0.4) is 0 Å². The highest BCUT2D eigenvalue weighted by Crippen LogP contribution is 2.15. The van der Waals surface area contributed by atoms with Crippen molar-refractivity contribution in [3.05, 3.63) is 34.6 Å². The van der Waals surface area contributed by atoms with Crippen molar-refractivity contribution >= 4 is 23.2 Å². The van der Waals surface area contributed by atoms with Crippen LogP contribution >= 0.6 is 23.2 Å². The quantitative estimate of drug-likeness (QED) is 0.787. The average molecular weight is 250 g/mol. The van der Waals surface area contributed by atoms with Gasteiger partial charge < -0.3 is 5.32 Å². The van der Waals surface area contributed by atoms with E-state index in [4.69, 9.17) is 23.2 Å². The first-order chi connectivity index (χ1) is 7.17. The lowest BCUT2D eigenvalue weighted by Crippen LogP contribution is -2.29. The Hall–Kier alpha value is -0.310. The molecule has 0 amide bonds. The number of nitrogens with one attached hydrogen (secondary N) is 1. The zero-order chi connectivity index (χ0) is 11.3. The van der Waals surface area contributed by atoms with E-state index < -0.39 is 0 Å². The highest BCUT2D eigenvalue weighted by molar-refractivity contribution is 6.30. The van der Waals surface area contributed by atoms with Gasteiger partial charge in [-0.1, -0.05) is 24.6 Å². The maximum Gasteiger partial charge on any atom is 0.142 e. The molecule has 1 nitrogen and oxygen atoms in total. The molecule has 15 heavy (non-hydrogen) atoms. The lowest BCUT2D eigenvalue weighted by Gasteiger charge is -2.13. The summed E-state index contributed by atoms with van der Waals surface area (Å²) in [5, 5.41) is 3.40. The van der Waals surface area contributed by atoms with Crippen LogP contribution < -0.4 is 5.32 Å². The van der Waals surface area contributed by atoms with Gasteiger partial charge in [0.2, 0.25) is 0 Å². The van der Waals surface area contributed by atoms with Crippen molar-refractivity contribution in [3.63, 3.8) is 0 Å². The zero-order valence-electron chi connectivity index (χ0n) is 8.56. The predicted octanol–water partition coefficient (Wildman–Crippen LogP) is 3.59. The van der Waals surface area contributed by atoms with Crippen molar-refractivity contribution in [1.82, 2.24) is 5.32 Å². The van der Waals surface area contributed by atoms with Crippen LogP contribution in [0, 0.1) is 5.82 Å². The second-order valence-corrected chi connectivity index (χ2v) is 4.10. The normalized spacial score (nSPS) is 12.8. The van der Waals surface area contributed by atoms with Crippen molar-refractivity contribution in [3.8, 4) is 0 Å². The SMILES string of the molecule is CCC(CCl)NCc1ccc(Cl)c(F)c1. The number of hydrogen-bond donors (Lipinski definition) is 1. The Kier molecular flexibility index (Phi) is 5.37. The minimum Gasteiger partial charge on any atom is -0.309 e. The topological polar surface area (TPSA) is 12.0 Å². The Balaban J connectivity index is 2.54. The molecule has 0 aliphatic heterocycles. The third kappa shape index (κ3) is 3.98. The van der Waals surface area contributed by atoms with Crippen LogP contribution in [0.4, 0.5) is 4.39 Å². The summed E-state index contributed by atoms with van der Waals surface area (Å²) in [6.07, 6.45) is 0.958. The van der Waals surface area contributed by atoms with E-state index in [2.05, 4.69) is 12.2 Å². The number of benzene rings is 1. The van der Waals surface area contributed by atoms with E-state index in [0.717, 1.165) is 12.0 Å². The van der Waals surface area contributed by atoms with Crippen LogP contribution in [-0.4, -0.2) is 11.9 Å². The summed E-state index contributed by atoms with van der Waals surface area (Å²) in [6.45, 7) is 2.67. The monoisotopic (exact) mass is 249 g/mol. The van der Waals surface area contributed by atoms with Crippen molar-refractivity contribution in [2.24, 2.45) is 0 Å². The smallest absolute Gasteiger partial charge is 0.142 e. The van der Waals surface area contributed by atoms with E-state index in [1.165, 1.54) is 6.07 Å². The predicted molar refractivity (Wildman–Crippen MR) is 63.0 cm³/mol. The van der Waals surface area contributed by atoms with Crippen LogP contribution in [0.25, 0.3) is 0 Å². The van der Waals surface area contributed by atoms with E-state index in [1.54, 1.807) is 12.1 Å². The molecule has 0 saturated carbocycles. The summed E-state index contributed by atoms with van der Waals surface area (Å²) in [7, 11) is 0. The van der Waals surface area contributed by atoms with Crippen LogP contribution in [0.2, 0.25) is 5.02 Å². The largest absolute Gasteiger partial charge is 0.309 e. The maximum atomic E-state index is 13.1. The molecule has 1 rings (SSSR count). The van der Waals surface area contributed by atoms with Crippen LogP contribution in [-0.2, 0) is 6.54 Å². The fraction of sp³-hybridized carbons (Fsp3) is 0.455. The van der Waals surface area contributed by atoms with Gasteiger partial charge in [0, 0.05) is 18.5 Å². The molecule has 1 unspecified atom stereocenters. The summed E-state index contributed by atoms with van der Waals surface area (Å²) < 4.78 is 13.1. The average Bonchev–Trinajstić information content (AvgIpc) is 2.24. The third-order valence-electron chi connectivity index (χ3n) is 2.26. The van der Waals surface area contributed by atoms with Gasteiger partial charge in [0.15, 0.2) is 0 Å². The molecule has 1 aromatic carbocycles. The highest BCUT2D eigenvalue weighted by atomic mass is 35.5. The van der Waals surface area contributed by atoms with Gasteiger partial charge in [-0.05, 0) is 24.1 Å². The van der Waals surface area contributed by atoms with E-state index in [1.807, 2.05) is 0 Å². The molecular weight excluding hydrogens is 236 g/mol. The first-order valence-corrected chi connectivity index (χ1v) is 5.82. The highest BCUT2D eigenvalue weighted by Gasteiger charge is 2.05. The Bertz CT molecular complexity index is 313. The molecule has 84 valence electrons. The minimum absolute atomic E-state index is 0.156. The lowest BCUT2D eigenvalue weighted by atomic mass is 10.2. The van der Waals surface area contributed by atoms with E-state index in [9.17, 15) is 4.39 Å². The molecule has 0 aromatic heterocycles. The summed E-state index contributed by atoms with van der Waals surface area (Å²) in [4.78, 5) is 0. The summed E-state index contributed by atoms with van der Waals surface area (Å²) in [5.41, 5.74) is 0.875. The fourth-order valence-electron chi connectivity index (χ4n) is 1.22. The Morgan fingerprint density at radius 3 is 2.73 bits per heavy atom. The lowest BCUT2D eigenvalue weighted by molar-refractivity contribution is 0.536. The fourth-order valence-corrected chi connectivity index (χ4v) is 1.66. The third-order valence-corrected chi connectivity index (χ3v) is 2.94. The van der Waals surface area contributed by atoms with E-state index >= 15 is 0 Å². The van der Waals surface area contributed by atoms with Gasteiger partial charge in [0.1, 0.15) is 5.82 Å². The Morgan fingerprint density at radius 1 is 1.47 bits per heavy atom.